The molecule has 0 amide bonds. The minimum absolute atomic E-state index is 0.0417. The summed E-state index contributed by atoms with van der Waals surface area (Å²) in [6.45, 7) is 0.227. The lowest BCUT2D eigenvalue weighted by atomic mass is 9.89. The number of aryl methyl sites for hydroxylation is 1. The van der Waals surface area contributed by atoms with Gasteiger partial charge in [0.05, 0.1) is 12.8 Å². The summed E-state index contributed by atoms with van der Waals surface area (Å²) < 4.78 is 10.8. The maximum atomic E-state index is 12.1. The van der Waals surface area contributed by atoms with Crippen molar-refractivity contribution in [2.24, 2.45) is 0 Å². The maximum absolute atomic E-state index is 12.1. The van der Waals surface area contributed by atoms with Crippen LogP contribution in [0.1, 0.15) is 48.5 Å². The highest BCUT2D eigenvalue weighted by atomic mass is 16.5. The first kappa shape index (κ1) is 17.2. The van der Waals surface area contributed by atoms with Crippen LogP contribution in [0.5, 0.6) is 0 Å². The molecule has 4 nitrogen and oxygen atoms in total. The molecule has 130 valence electrons. The summed E-state index contributed by atoms with van der Waals surface area (Å²) in [5.41, 5.74) is 3.26. The van der Waals surface area contributed by atoms with Gasteiger partial charge in [0.25, 0.3) is 0 Å². The Kier molecular flexibility index (Phi) is 5.83. The van der Waals surface area contributed by atoms with Gasteiger partial charge in [0.1, 0.15) is 12.7 Å². The van der Waals surface area contributed by atoms with Gasteiger partial charge in [-0.3, -0.25) is 9.59 Å². The summed E-state index contributed by atoms with van der Waals surface area (Å²) in [5, 5.41) is 0. The molecule has 2 aromatic carbocycles. The second kappa shape index (κ2) is 8.47. The number of esters is 2. The molecule has 0 N–H and O–H groups in total. The smallest absolute Gasteiger partial charge is 0.306 e. The van der Waals surface area contributed by atoms with E-state index in [0.29, 0.717) is 0 Å². The zero-order valence-electron chi connectivity index (χ0n) is 14.1. The fourth-order valence-corrected chi connectivity index (χ4v) is 3.06. The Morgan fingerprint density at radius 3 is 2.48 bits per heavy atom. The van der Waals surface area contributed by atoms with Crippen LogP contribution >= 0.6 is 0 Å². The highest BCUT2D eigenvalue weighted by Gasteiger charge is 2.23. The van der Waals surface area contributed by atoms with Gasteiger partial charge in [-0.05, 0) is 36.0 Å². The minimum atomic E-state index is -0.384. The molecule has 4 heteroatoms. The quantitative estimate of drug-likeness (QED) is 0.743. The Morgan fingerprint density at radius 1 is 0.920 bits per heavy atom. The lowest BCUT2D eigenvalue weighted by Crippen LogP contribution is -2.17. The second-order valence-electron chi connectivity index (χ2n) is 6.22. The van der Waals surface area contributed by atoms with Gasteiger partial charge in [0.15, 0.2) is 0 Å². The summed E-state index contributed by atoms with van der Waals surface area (Å²) in [6.07, 6.45) is 2.76. The highest BCUT2D eigenvalue weighted by Crippen LogP contribution is 2.32. The lowest BCUT2D eigenvalue weighted by Gasteiger charge is -2.25. The Hall–Kier alpha value is -2.62. The van der Waals surface area contributed by atoms with Crippen molar-refractivity contribution in [2.75, 3.05) is 0 Å². The topological polar surface area (TPSA) is 52.6 Å². The van der Waals surface area contributed by atoms with E-state index in [0.717, 1.165) is 30.4 Å². The molecule has 0 radical (unpaired) electrons. The van der Waals surface area contributed by atoms with E-state index in [2.05, 4.69) is 6.07 Å². The van der Waals surface area contributed by atoms with Gasteiger partial charge >= 0.3 is 11.9 Å². The van der Waals surface area contributed by atoms with Crippen molar-refractivity contribution in [3.8, 4) is 0 Å². The summed E-state index contributed by atoms with van der Waals surface area (Å²) in [7, 11) is 0. The van der Waals surface area contributed by atoms with Crippen molar-refractivity contribution < 1.29 is 19.1 Å². The van der Waals surface area contributed by atoms with E-state index in [1.165, 1.54) is 5.56 Å². The van der Waals surface area contributed by atoms with Crippen LogP contribution in [0.2, 0.25) is 0 Å². The van der Waals surface area contributed by atoms with Gasteiger partial charge in [0, 0.05) is 0 Å². The third-order valence-electron chi connectivity index (χ3n) is 4.36. The third-order valence-corrected chi connectivity index (χ3v) is 4.36. The van der Waals surface area contributed by atoms with Crippen molar-refractivity contribution in [2.45, 2.75) is 44.8 Å². The molecule has 1 aliphatic rings. The first-order chi connectivity index (χ1) is 12.2. The number of benzene rings is 2. The zero-order valence-corrected chi connectivity index (χ0v) is 14.1. The molecule has 25 heavy (non-hydrogen) atoms. The average Bonchev–Trinajstić information content (AvgIpc) is 2.66. The van der Waals surface area contributed by atoms with Gasteiger partial charge in [0.2, 0.25) is 0 Å². The molecule has 1 atom stereocenters. The van der Waals surface area contributed by atoms with Crippen LogP contribution in [0.4, 0.5) is 0 Å². The molecule has 0 heterocycles. The first-order valence-electron chi connectivity index (χ1n) is 8.69. The fraction of sp³-hybridized carbons (Fsp3) is 0.333. The van der Waals surface area contributed by atoms with Crippen LogP contribution in [-0.2, 0) is 32.1 Å². The van der Waals surface area contributed by atoms with Crippen LogP contribution in [0.25, 0.3) is 0 Å². The van der Waals surface area contributed by atoms with Crippen LogP contribution in [-0.4, -0.2) is 11.9 Å². The van der Waals surface area contributed by atoms with Gasteiger partial charge in [-0.1, -0.05) is 54.6 Å². The van der Waals surface area contributed by atoms with E-state index in [4.69, 9.17) is 9.47 Å². The molecule has 1 aliphatic carbocycles. The van der Waals surface area contributed by atoms with E-state index >= 15 is 0 Å². The number of fused-ring (bicyclic) bond motifs is 1. The fourth-order valence-electron chi connectivity index (χ4n) is 3.06. The van der Waals surface area contributed by atoms with E-state index in [9.17, 15) is 9.59 Å². The Bertz CT molecular complexity index is 724. The van der Waals surface area contributed by atoms with Crippen molar-refractivity contribution in [1.82, 2.24) is 0 Å². The molecular weight excluding hydrogens is 316 g/mol. The van der Waals surface area contributed by atoms with Gasteiger partial charge in [-0.25, -0.2) is 0 Å². The number of carbonyl (C=O) groups excluding carboxylic acids is 2. The Balaban J connectivity index is 1.43. The van der Waals surface area contributed by atoms with Crippen molar-refractivity contribution >= 4 is 11.9 Å². The number of carbonyl (C=O) groups is 2. The number of hydrogen-bond donors (Lipinski definition) is 0. The molecule has 0 fully saturated rings. The predicted molar refractivity (Wildman–Crippen MR) is 93.7 cm³/mol. The zero-order chi connectivity index (χ0) is 17.5. The molecule has 0 saturated heterocycles. The monoisotopic (exact) mass is 338 g/mol. The SMILES string of the molecule is O=C(CCC(=O)OC1CCCc2ccccc21)OCc1ccccc1. The predicted octanol–water partition coefficient (Wildman–Crippen LogP) is 4.13. The number of rotatable bonds is 6. The number of hydrogen-bond acceptors (Lipinski definition) is 4. The van der Waals surface area contributed by atoms with Crippen molar-refractivity contribution in [3.63, 3.8) is 0 Å². The van der Waals surface area contributed by atoms with E-state index in [-0.39, 0.29) is 37.5 Å². The van der Waals surface area contributed by atoms with Crippen molar-refractivity contribution in [1.29, 1.82) is 0 Å². The molecule has 1 unspecified atom stereocenters. The Labute approximate surface area is 147 Å². The van der Waals surface area contributed by atoms with Gasteiger partial charge in [-0.15, -0.1) is 0 Å². The minimum Gasteiger partial charge on any atom is -0.461 e. The summed E-state index contributed by atoms with van der Waals surface area (Å²) in [5.74, 6) is -0.733. The third kappa shape index (κ3) is 4.92. The largest absolute Gasteiger partial charge is 0.461 e. The molecule has 0 aromatic heterocycles. The average molecular weight is 338 g/mol. The van der Waals surface area contributed by atoms with Crippen LogP contribution in [0.15, 0.2) is 54.6 Å². The van der Waals surface area contributed by atoms with Crippen LogP contribution in [0.3, 0.4) is 0 Å². The first-order valence-corrected chi connectivity index (χ1v) is 8.69. The summed E-state index contributed by atoms with van der Waals surface area (Å²) in [6, 6.07) is 17.5. The molecule has 0 saturated carbocycles. The standard InChI is InChI=1S/C21H22O4/c22-20(24-15-16-7-2-1-3-8-16)13-14-21(23)25-19-12-6-10-17-9-4-5-11-18(17)19/h1-5,7-9,11,19H,6,10,12-15H2. The van der Waals surface area contributed by atoms with Crippen molar-refractivity contribution in [3.05, 3.63) is 71.3 Å². The van der Waals surface area contributed by atoms with Gasteiger partial charge < -0.3 is 9.47 Å². The summed E-state index contributed by atoms with van der Waals surface area (Å²) in [4.78, 5) is 23.9. The van der Waals surface area contributed by atoms with E-state index < -0.39 is 0 Å². The molecule has 2 aromatic rings. The highest BCUT2D eigenvalue weighted by molar-refractivity contribution is 5.77. The van der Waals surface area contributed by atoms with Gasteiger partial charge in [-0.2, -0.15) is 0 Å². The lowest BCUT2D eigenvalue weighted by molar-refractivity contribution is -0.155. The molecule has 0 bridgehead atoms. The second-order valence-corrected chi connectivity index (χ2v) is 6.22. The van der Waals surface area contributed by atoms with E-state index in [1.807, 2.05) is 48.5 Å². The van der Waals surface area contributed by atoms with Crippen LogP contribution < -0.4 is 0 Å². The van der Waals surface area contributed by atoms with Crippen LogP contribution in [0, 0.1) is 0 Å². The maximum Gasteiger partial charge on any atom is 0.306 e. The molecule has 3 rings (SSSR count). The number of ether oxygens (including phenoxy) is 2. The molecular formula is C21H22O4. The normalized spacial score (nSPS) is 15.9. The molecule has 0 spiro atoms. The Morgan fingerprint density at radius 2 is 1.64 bits per heavy atom. The molecule has 0 aliphatic heterocycles. The van der Waals surface area contributed by atoms with E-state index in [1.54, 1.807) is 0 Å². The summed E-state index contributed by atoms with van der Waals surface area (Å²) >= 11 is 0.